The van der Waals surface area contributed by atoms with Crippen LogP contribution in [0.4, 0.5) is 0 Å². The highest BCUT2D eigenvalue weighted by molar-refractivity contribution is 7.80. The molecule has 0 unspecified atom stereocenters. The van der Waals surface area contributed by atoms with Crippen LogP contribution in [0.3, 0.4) is 0 Å². The number of unbranched alkanes of at least 4 members (excludes halogenated alkanes) is 1. The maximum atomic E-state index is 11.5. The first kappa shape index (κ1) is 24.1. The van der Waals surface area contributed by atoms with E-state index in [1.165, 1.54) is 7.11 Å². The van der Waals surface area contributed by atoms with E-state index in [0.29, 0.717) is 28.8 Å². The number of hydrogen-bond donors (Lipinski definition) is 1. The van der Waals surface area contributed by atoms with Crippen molar-refractivity contribution in [3.63, 3.8) is 0 Å². The molecule has 0 radical (unpaired) electrons. The van der Waals surface area contributed by atoms with E-state index in [2.05, 4.69) is 17.3 Å². The molecule has 0 saturated heterocycles. The minimum atomic E-state index is -0.366. The average molecular weight is 444 g/mol. The van der Waals surface area contributed by atoms with Crippen LogP contribution < -0.4 is 14.8 Å². The van der Waals surface area contributed by atoms with Crippen LogP contribution in [-0.2, 0) is 11.3 Å². The molecule has 2 rings (SSSR count). The number of benzene rings is 2. The molecule has 2 aromatic rings. The van der Waals surface area contributed by atoms with Crippen molar-refractivity contribution in [1.82, 2.24) is 10.3 Å². The first-order chi connectivity index (χ1) is 15.0. The minimum absolute atomic E-state index is 0.339. The Morgan fingerprint density at radius 3 is 2.55 bits per heavy atom. The summed E-state index contributed by atoms with van der Waals surface area (Å²) in [6, 6.07) is 12.6. The van der Waals surface area contributed by atoms with Gasteiger partial charge in [-0.25, -0.2) is 9.80 Å². The van der Waals surface area contributed by atoms with Gasteiger partial charge in [-0.1, -0.05) is 25.5 Å². The number of esters is 1. The number of hydrogen-bond acceptors (Lipinski definition) is 6. The molecular formula is C23H29N3O4S. The molecule has 0 atom stereocenters. The van der Waals surface area contributed by atoms with Gasteiger partial charge in [-0.3, -0.25) is 0 Å². The number of rotatable bonds is 10. The van der Waals surface area contributed by atoms with E-state index >= 15 is 0 Å². The van der Waals surface area contributed by atoms with Crippen molar-refractivity contribution in [2.45, 2.75) is 26.4 Å². The van der Waals surface area contributed by atoms with E-state index in [1.54, 1.807) is 37.5 Å². The molecule has 7 nitrogen and oxygen atoms in total. The number of nitrogens with zero attached hydrogens (tertiary/aromatic N) is 2. The molecule has 0 spiro atoms. The highest BCUT2D eigenvalue weighted by Crippen LogP contribution is 2.28. The van der Waals surface area contributed by atoms with E-state index in [9.17, 15) is 4.79 Å². The van der Waals surface area contributed by atoms with Crippen LogP contribution in [0.15, 0.2) is 47.6 Å². The topological polar surface area (TPSA) is 72.4 Å². The molecule has 0 aliphatic heterocycles. The van der Waals surface area contributed by atoms with Gasteiger partial charge in [-0.05, 0) is 60.1 Å². The summed E-state index contributed by atoms with van der Waals surface area (Å²) in [6.07, 6.45) is 3.88. The first-order valence-corrected chi connectivity index (χ1v) is 10.4. The third-order valence-corrected chi connectivity index (χ3v) is 4.85. The highest BCUT2D eigenvalue weighted by atomic mass is 32.1. The molecule has 8 heteroatoms. The lowest BCUT2D eigenvalue weighted by Gasteiger charge is -2.15. The quantitative estimate of drug-likeness (QED) is 0.196. The largest absolute Gasteiger partial charge is 0.493 e. The molecule has 2 aromatic carbocycles. The number of carbonyl (C=O) groups is 1. The van der Waals surface area contributed by atoms with Crippen LogP contribution in [0.5, 0.6) is 11.5 Å². The zero-order valence-corrected chi connectivity index (χ0v) is 19.2. The number of ether oxygens (including phenoxy) is 3. The Morgan fingerprint density at radius 2 is 1.90 bits per heavy atom. The molecular weight excluding hydrogens is 414 g/mol. The van der Waals surface area contributed by atoms with Gasteiger partial charge in [0.05, 0.1) is 26.0 Å². The minimum Gasteiger partial charge on any atom is -0.493 e. The van der Waals surface area contributed by atoms with Crippen LogP contribution >= 0.6 is 12.2 Å². The molecule has 1 N–H and O–H groups in total. The third-order valence-electron chi connectivity index (χ3n) is 4.44. The fourth-order valence-corrected chi connectivity index (χ4v) is 2.74. The second kappa shape index (κ2) is 12.5. The summed E-state index contributed by atoms with van der Waals surface area (Å²) in [4.78, 5) is 11.5. The van der Waals surface area contributed by atoms with Crippen LogP contribution in [0.2, 0.25) is 0 Å². The fraction of sp³-hybridized carbons (Fsp3) is 0.348. The predicted octanol–water partition coefficient (Wildman–Crippen LogP) is 4.00. The van der Waals surface area contributed by atoms with Crippen molar-refractivity contribution in [3.8, 4) is 11.5 Å². The van der Waals surface area contributed by atoms with Gasteiger partial charge in [0.1, 0.15) is 6.61 Å². The molecule has 0 aliphatic carbocycles. The van der Waals surface area contributed by atoms with Crippen molar-refractivity contribution in [2.75, 3.05) is 27.8 Å². The molecule has 0 fully saturated rings. The van der Waals surface area contributed by atoms with Crippen LogP contribution in [0.25, 0.3) is 0 Å². The monoisotopic (exact) mass is 443 g/mol. The normalized spacial score (nSPS) is 10.6. The number of methoxy groups -OCH3 is 2. The zero-order chi connectivity index (χ0) is 22.6. The van der Waals surface area contributed by atoms with Crippen LogP contribution in [-0.4, -0.2) is 50.1 Å². The van der Waals surface area contributed by atoms with Crippen LogP contribution in [0.1, 0.15) is 41.3 Å². The number of nitrogens with one attached hydrogen (secondary N) is 1. The zero-order valence-electron chi connectivity index (χ0n) is 18.4. The van der Waals surface area contributed by atoms with Crippen molar-refractivity contribution in [1.29, 1.82) is 0 Å². The van der Waals surface area contributed by atoms with Crippen molar-refractivity contribution in [3.05, 3.63) is 59.2 Å². The molecule has 0 heterocycles. The van der Waals surface area contributed by atoms with Crippen molar-refractivity contribution >= 4 is 29.5 Å². The molecule has 31 heavy (non-hydrogen) atoms. The third kappa shape index (κ3) is 7.57. The van der Waals surface area contributed by atoms with Gasteiger partial charge < -0.3 is 19.5 Å². The summed E-state index contributed by atoms with van der Waals surface area (Å²) < 4.78 is 16.1. The highest BCUT2D eigenvalue weighted by Gasteiger charge is 2.08. The van der Waals surface area contributed by atoms with Gasteiger partial charge in [0.25, 0.3) is 0 Å². The van der Waals surface area contributed by atoms with E-state index in [0.717, 1.165) is 30.5 Å². The summed E-state index contributed by atoms with van der Waals surface area (Å²) in [5, 5.41) is 9.74. The molecule has 0 bridgehead atoms. The Balaban J connectivity index is 1.98. The summed E-state index contributed by atoms with van der Waals surface area (Å²) in [6.45, 7) is 3.31. The van der Waals surface area contributed by atoms with Gasteiger partial charge in [0, 0.05) is 13.6 Å². The maximum absolute atomic E-state index is 11.5. The molecule has 0 amide bonds. The second-order valence-corrected chi connectivity index (χ2v) is 7.13. The summed E-state index contributed by atoms with van der Waals surface area (Å²) in [7, 11) is 4.75. The average Bonchev–Trinajstić information content (AvgIpc) is 2.81. The van der Waals surface area contributed by atoms with Crippen molar-refractivity contribution in [2.24, 2.45) is 5.10 Å². The maximum Gasteiger partial charge on any atom is 0.337 e. The summed E-state index contributed by atoms with van der Waals surface area (Å²) in [5.41, 5.74) is 2.28. The summed E-state index contributed by atoms with van der Waals surface area (Å²) in [5.74, 6) is 0.845. The SMILES string of the molecule is CCCCNC(=S)N(C)/N=C\c1ccc(OCc2ccc(C(=O)OC)cc2)c(OC)c1. The van der Waals surface area contributed by atoms with Gasteiger partial charge in [0.15, 0.2) is 16.6 Å². The van der Waals surface area contributed by atoms with E-state index in [-0.39, 0.29) is 5.97 Å². The van der Waals surface area contributed by atoms with Gasteiger partial charge in [-0.15, -0.1) is 0 Å². The molecule has 166 valence electrons. The first-order valence-electron chi connectivity index (χ1n) is 10.0. The Kier molecular flexibility index (Phi) is 9.77. The van der Waals surface area contributed by atoms with Gasteiger partial charge in [0.2, 0.25) is 0 Å². The number of carbonyl (C=O) groups excluding carboxylic acids is 1. The second-order valence-electron chi connectivity index (χ2n) is 6.74. The number of hydrazone groups is 1. The Hall–Kier alpha value is -3.13. The molecule has 0 saturated carbocycles. The van der Waals surface area contributed by atoms with E-state index < -0.39 is 0 Å². The Morgan fingerprint density at radius 1 is 1.16 bits per heavy atom. The smallest absolute Gasteiger partial charge is 0.337 e. The fourth-order valence-electron chi connectivity index (χ4n) is 2.59. The number of thiocarbonyl (C=S) groups is 1. The van der Waals surface area contributed by atoms with E-state index in [1.807, 2.05) is 30.3 Å². The van der Waals surface area contributed by atoms with Gasteiger partial charge >= 0.3 is 5.97 Å². The van der Waals surface area contributed by atoms with Gasteiger partial charge in [-0.2, -0.15) is 5.10 Å². The van der Waals surface area contributed by atoms with E-state index in [4.69, 9.17) is 26.4 Å². The van der Waals surface area contributed by atoms with Crippen LogP contribution in [0, 0.1) is 0 Å². The summed E-state index contributed by atoms with van der Waals surface area (Å²) >= 11 is 5.32. The lowest BCUT2D eigenvalue weighted by atomic mass is 10.1. The standard InChI is InChI=1S/C23H29N3O4S/c1-5-6-13-24-23(31)26(2)25-15-18-9-12-20(21(14-18)28-3)30-16-17-7-10-19(11-8-17)22(27)29-4/h7-12,14-15H,5-6,13,16H2,1-4H3,(H,24,31)/b25-15-. The molecule has 0 aromatic heterocycles. The molecule has 0 aliphatic rings. The Labute approximate surface area is 189 Å². The lowest BCUT2D eigenvalue weighted by molar-refractivity contribution is 0.0600. The van der Waals surface area contributed by atoms with Crippen molar-refractivity contribution < 1.29 is 19.0 Å². The predicted molar refractivity (Wildman–Crippen MR) is 126 cm³/mol. The lowest BCUT2D eigenvalue weighted by Crippen LogP contribution is -2.34. The Bertz CT molecular complexity index is 900.